The molecule has 4 rings (SSSR count). The van der Waals surface area contributed by atoms with E-state index in [4.69, 9.17) is 9.47 Å². The molecular weight excluding hydrogens is 665 g/mol. The molecule has 53 heavy (non-hydrogen) atoms. The van der Waals surface area contributed by atoms with Gasteiger partial charge in [-0.1, -0.05) is 89.6 Å². The molecule has 0 bridgehead atoms. The predicted molar refractivity (Wildman–Crippen MR) is 211 cm³/mol. The Morgan fingerprint density at radius 3 is 1.96 bits per heavy atom. The molecule has 0 radical (unpaired) electrons. The second kappa shape index (κ2) is 18.6. The molecule has 2 amide bonds. The number of rotatable bonds is 16. The maximum Gasteiger partial charge on any atom is 0.308 e. The third-order valence-corrected chi connectivity index (χ3v) is 8.62. The van der Waals surface area contributed by atoms with Gasteiger partial charge in [-0.05, 0) is 85.9 Å². The Morgan fingerprint density at radius 1 is 0.755 bits per heavy atom. The van der Waals surface area contributed by atoms with Crippen LogP contribution >= 0.6 is 0 Å². The molecule has 0 spiro atoms. The number of benzene rings is 3. The van der Waals surface area contributed by atoms with Crippen molar-refractivity contribution in [2.75, 3.05) is 13.2 Å². The van der Waals surface area contributed by atoms with Crippen molar-refractivity contribution in [1.82, 2.24) is 20.6 Å². The quantitative estimate of drug-likeness (QED) is 0.0880. The Labute approximate surface area is 315 Å². The zero-order chi connectivity index (χ0) is 38.6. The van der Waals surface area contributed by atoms with E-state index in [0.717, 1.165) is 40.0 Å². The van der Waals surface area contributed by atoms with Crippen LogP contribution in [0.25, 0.3) is 22.5 Å². The lowest BCUT2D eigenvalue weighted by atomic mass is 9.86. The standard InChI is InChI=1S/C44H56N4O5/c1-30(2)11-9-10-26-52-37-22-18-32(19-23-37)35-28-46-40(47-29-35)33-14-12-31(13-15-33)27-38(42(51)45-25-24-39(49)53-44(6,7)8)48-41(50)34-16-20-36(21-17-34)43(3,4)5/h12-23,28-30,38H,9-11,24-27H2,1-8H3,(H,45,51)(H,48,50)/t38-/m0/s1. The molecule has 0 saturated carbocycles. The number of esters is 1. The number of ether oxygens (including phenoxy) is 2. The van der Waals surface area contributed by atoms with E-state index in [2.05, 4.69) is 55.2 Å². The Hall–Kier alpha value is -5.05. The van der Waals surface area contributed by atoms with Crippen molar-refractivity contribution in [3.05, 3.63) is 102 Å². The molecule has 0 saturated heterocycles. The van der Waals surface area contributed by atoms with Gasteiger partial charge in [0.15, 0.2) is 5.82 Å². The number of nitrogens with zero attached hydrogens (tertiary/aromatic N) is 2. The summed E-state index contributed by atoms with van der Waals surface area (Å²) in [5.74, 6) is 0.985. The first-order chi connectivity index (χ1) is 25.1. The second-order valence-electron chi connectivity index (χ2n) is 15.9. The summed E-state index contributed by atoms with van der Waals surface area (Å²) in [6, 6.07) is 22.1. The van der Waals surface area contributed by atoms with Crippen molar-refractivity contribution in [3.8, 4) is 28.3 Å². The topological polar surface area (TPSA) is 120 Å². The lowest BCUT2D eigenvalue weighted by molar-refractivity contribution is -0.154. The Morgan fingerprint density at radius 2 is 1.38 bits per heavy atom. The van der Waals surface area contributed by atoms with Gasteiger partial charge in [0.2, 0.25) is 5.91 Å². The number of hydrogen-bond acceptors (Lipinski definition) is 7. The summed E-state index contributed by atoms with van der Waals surface area (Å²) in [7, 11) is 0. The van der Waals surface area contributed by atoms with Crippen LogP contribution in [0.4, 0.5) is 0 Å². The van der Waals surface area contributed by atoms with E-state index < -0.39 is 23.5 Å². The van der Waals surface area contributed by atoms with Gasteiger partial charge >= 0.3 is 5.97 Å². The molecule has 1 atom stereocenters. The van der Waals surface area contributed by atoms with Gasteiger partial charge in [-0.2, -0.15) is 0 Å². The highest BCUT2D eigenvalue weighted by atomic mass is 16.6. The molecule has 1 heterocycles. The van der Waals surface area contributed by atoms with E-state index in [9.17, 15) is 14.4 Å². The van der Waals surface area contributed by atoms with Crippen LogP contribution in [-0.4, -0.2) is 52.5 Å². The summed E-state index contributed by atoms with van der Waals surface area (Å²) in [6.45, 7) is 17.0. The summed E-state index contributed by atoms with van der Waals surface area (Å²) in [6.07, 6.45) is 7.30. The van der Waals surface area contributed by atoms with Gasteiger partial charge < -0.3 is 20.1 Å². The summed E-state index contributed by atoms with van der Waals surface area (Å²) < 4.78 is 11.3. The van der Waals surface area contributed by atoms with Crippen LogP contribution in [0.15, 0.2) is 85.2 Å². The highest BCUT2D eigenvalue weighted by Crippen LogP contribution is 2.25. The molecule has 0 aliphatic rings. The minimum atomic E-state index is -0.883. The maximum atomic E-state index is 13.4. The van der Waals surface area contributed by atoms with E-state index in [-0.39, 0.29) is 30.7 Å². The number of unbranched alkanes of at least 4 members (excludes halogenated alkanes) is 1. The number of nitrogens with one attached hydrogen (secondary N) is 2. The molecule has 2 N–H and O–H groups in total. The van der Waals surface area contributed by atoms with Crippen molar-refractivity contribution in [3.63, 3.8) is 0 Å². The maximum absolute atomic E-state index is 13.4. The van der Waals surface area contributed by atoms with Crippen LogP contribution in [0.2, 0.25) is 0 Å². The van der Waals surface area contributed by atoms with Crippen LogP contribution in [0.1, 0.15) is 103 Å². The molecule has 1 aromatic heterocycles. The monoisotopic (exact) mass is 720 g/mol. The summed E-state index contributed by atoms with van der Waals surface area (Å²) in [5, 5.41) is 5.71. The van der Waals surface area contributed by atoms with Crippen LogP contribution in [0, 0.1) is 5.92 Å². The van der Waals surface area contributed by atoms with Gasteiger partial charge in [0.25, 0.3) is 5.91 Å². The molecule has 9 heteroatoms. The molecule has 282 valence electrons. The van der Waals surface area contributed by atoms with Crippen LogP contribution < -0.4 is 15.4 Å². The van der Waals surface area contributed by atoms with Gasteiger partial charge in [-0.3, -0.25) is 14.4 Å². The lowest BCUT2D eigenvalue weighted by Crippen LogP contribution is -2.48. The molecule has 0 unspecified atom stereocenters. The summed E-state index contributed by atoms with van der Waals surface area (Å²) >= 11 is 0. The number of carbonyl (C=O) groups is 3. The Kier molecular flexibility index (Phi) is 14.3. The fourth-order valence-corrected chi connectivity index (χ4v) is 5.62. The SMILES string of the molecule is CC(C)CCCCOc1ccc(-c2cnc(-c3ccc(C[C@H](NC(=O)c4ccc(C(C)(C)C)cc4)C(=O)NCCC(=O)OC(C)(C)C)cc3)nc2)cc1. The Bertz CT molecular complexity index is 1770. The zero-order valence-corrected chi connectivity index (χ0v) is 32.6. The van der Waals surface area contributed by atoms with E-state index in [1.54, 1.807) is 45.3 Å². The Balaban J connectivity index is 1.40. The molecule has 3 aromatic carbocycles. The highest BCUT2D eigenvalue weighted by molar-refractivity contribution is 5.97. The average molecular weight is 721 g/mol. The normalized spacial score (nSPS) is 12.2. The van der Waals surface area contributed by atoms with Gasteiger partial charge in [-0.15, -0.1) is 0 Å². The number of carbonyl (C=O) groups excluding carboxylic acids is 3. The number of amides is 2. The largest absolute Gasteiger partial charge is 0.494 e. The molecular formula is C44H56N4O5. The van der Waals surface area contributed by atoms with Crippen molar-refractivity contribution in [2.24, 2.45) is 5.92 Å². The first kappa shape index (κ1) is 40.7. The highest BCUT2D eigenvalue weighted by Gasteiger charge is 2.24. The van der Waals surface area contributed by atoms with Crippen molar-refractivity contribution >= 4 is 17.8 Å². The number of aromatic nitrogens is 2. The molecule has 9 nitrogen and oxygen atoms in total. The van der Waals surface area contributed by atoms with E-state index in [0.29, 0.717) is 23.9 Å². The van der Waals surface area contributed by atoms with E-state index in [1.165, 1.54) is 12.8 Å². The summed E-state index contributed by atoms with van der Waals surface area (Å²) in [5.41, 5.74) is 4.45. The van der Waals surface area contributed by atoms with Gasteiger partial charge in [0, 0.05) is 42.0 Å². The minimum Gasteiger partial charge on any atom is -0.494 e. The van der Waals surface area contributed by atoms with Crippen LogP contribution in [0.3, 0.4) is 0 Å². The first-order valence-corrected chi connectivity index (χ1v) is 18.6. The zero-order valence-electron chi connectivity index (χ0n) is 32.6. The van der Waals surface area contributed by atoms with Gasteiger partial charge in [0.05, 0.1) is 13.0 Å². The molecule has 0 aliphatic carbocycles. The first-order valence-electron chi connectivity index (χ1n) is 18.6. The van der Waals surface area contributed by atoms with Crippen LogP contribution in [-0.2, 0) is 26.2 Å². The molecule has 0 fully saturated rings. The second-order valence-corrected chi connectivity index (χ2v) is 15.9. The molecule has 4 aromatic rings. The number of hydrogen-bond donors (Lipinski definition) is 2. The average Bonchev–Trinajstić information content (AvgIpc) is 3.10. The van der Waals surface area contributed by atoms with Crippen molar-refractivity contribution < 1.29 is 23.9 Å². The minimum absolute atomic E-state index is 0.0177. The van der Waals surface area contributed by atoms with Crippen molar-refractivity contribution in [2.45, 2.75) is 105 Å². The third kappa shape index (κ3) is 13.5. The fourth-order valence-electron chi connectivity index (χ4n) is 5.62. The fraction of sp³-hybridized carbons (Fsp3) is 0.432. The summed E-state index contributed by atoms with van der Waals surface area (Å²) in [4.78, 5) is 48.2. The van der Waals surface area contributed by atoms with Gasteiger partial charge in [-0.25, -0.2) is 9.97 Å². The predicted octanol–water partition coefficient (Wildman–Crippen LogP) is 8.50. The van der Waals surface area contributed by atoms with Gasteiger partial charge in [0.1, 0.15) is 17.4 Å². The van der Waals surface area contributed by atoms with E-state index in [1.807, 2.05) is 60.7 Å². The lowest BCUT2D eigenvalue weighted by Gasteiger charge is -2.21. The third-order valence-electron chi connectivity index (χ3n) is 8.62. The van der Waals surface area contributed by atoms with E-state index >= 15 is 0 Å². The molecule has 0 aliphatic heterocycles. The van der Waals surface area contributed by atoms with Crippen molar-refractivity contribution in [1.29, 1.82) is 0 Å². The smallest absolute Gasteiger partial charge is 0.308 e. The van der Waals surface area contributed by atoms with Crippen LogP contribution in [0.5, 0.6) is 5.75 Å².